The third-order valence-corrected chi connectivity index (χ3v) is 2.38. The maximum Gasteiger partial charge on any atom is 0.407 e. The van der Waals surface area contributed by atoms with Gasteiger partial charge in [-0.1, -0.05) is 6.92 Å². The van der Waals surface area contributed by atoms with Crippen molar-refractivity contribution in [3.8, 4) is 0 Å². The summed E-state index contributed by atoms with van der Waals surface area (Å²) in [4.78, 5) is 11.4. The van der Waals surface area contributed by atoms with Crippen LogP contribution in [0, 0.1) is 0 Å². The summed E-state index contributed by atoms with van der Waals surface area (Å²) in [7, 11) is 0. The number of nitrogens with one attached hydrogen (secondary N) is 2. The largest absolute Gasteiger partial charge is 0.444 e. The Morgan fingerprint density at radius 2 is 2.00 bits per heavy atom. The number of alkyl carbamates (subject to hydrolysis) is 1. The average molecular weight is 214 g/mol. The molecular formula is C11H22N2O2. The summed E-state index contributed by atoms with van der Waals surface area (Å²) in [5.74, 6) is 0. The molecule has 0 radical (unpaired) electrons. The predicted molar refractivity (Wildman–Crippen MR) is 59.9 cm³/mol. The molecule has 1 rings (SSSR count). The minimum absolute atomic E-state index is 0.144. The zero-order chi connectivity index (χ0) is 11.5. The van der Waals surface area contributed by atoms with Crippen molar-refractivity contribution in [1.29, 1.82) is 0 Å². The number of hydrogen-bond acceptors (Lipinski definition) is 3. The minimum Gasteiger partial charge on any atom is -0.444 e. The Morgan fingerprint density at radius 3 is 2.40 bits per heavy atom. The van der Waals surface area contributed by atoms with Gasteiger partial charge in [0.15, 0.2) is 0 Å². The first-order chi connectivity index (χ1) is 6.87. The normalized spacial score (nSPS) is 18.4. The van der Waals surface area contributed by atoms with Gasteiger partial charge in [-0.2, -0.15) is 0 Å². The van der Waals surface area contributed by atoms with Gasteiger partial charge in [0.05, 0.1) is 0 Å². The van der Waals surface area contributed by atoms with Gasteiger partial charge in [0, 0.05) is 12.1 Å². The highest BCUT2D eigenvalue weighted by Crippen LogP contribution is 2.34. The third kappa shape index (κ3) is 4.51. The van der Waals surface area contributed by atoms with E-state index in [0.717, 1.165) is 19.4 Å². The molecule has 88 valence electrons. The first kappa shape index (κ1) is 12.3. The van der Waals surface area contributed by atoms with E-state index in [1.807, 2.05) is 20.8 Å². The van der Waals surface area contributed by atoms with E-state index in [1.165, 1.54) is 0 Å². The maximum atomic E-state index is 11.4. The Bertz CT molecular complexity index is 229. The molecule has 4 heteroatoms. The van der Waals surface area contributed by atoms with Crippen LogP contribution >= 0.6 is 0 Å². The van der Waals surface area contributed by atoms with Crippen LogP contribution in [0.3, 0.4) is 0 Å². The highest BCUT2D eigenvalue weighted by Gasteiger charge is 2.41. The van der Waals surface area contributed by atoms with Crippen LogP contribution in [-0.2, 0) is 4.74 Å². The van der Waals surface area contributed by atoms with Crippen molar-refractivity contribution in [2.75, 3.05) is 13.1 Å². The minimum atomic E-state index is -0.418. The molecule has 1 amide bonds. The molecule has 0 aromatic heterocycles. The number of ether oxygens (including phenoxy) is 1. The molecule has 0 bridgehead atoms. The monoisotopic (exact) mass is 214 g/mol. The molecule has 2 N–H and O–H groups in total. The Hall–Kier alpha value is -0.770. The van der Waals surface area contributed by atoms with Gasteiger partial charge in [0.1, 0.15) is 5.60 Å². The zero-order valence-corrected chi connectivity index (χ0v) is 10.1. The van der Waals surface area contributed by atoms with Gasteiger partial charge in [-0.15, -0.1) is 0 Å². The van der Waals surface area contributed by atoms with Gasteiger partial charge in [-0.25, -0.2) is 4.79 Å². The molecule has 1 aliphatic rings. The lowest BCUT2D eigenvalue weighted by Gasteiger charge is -2.22. The number of amides is 1. The fraction of sp³-hybridized carbons (Fsp3) is 0.909. The molecule has 0 spiro atoms. The molecule has 0 aromatic carbocycles. The topological polar surface area (TPSA) is 50.4 Å². The number of rotatable bonds is 4. The molecule has 0 aromatic rings. The summed E-state index contributed by atoms with van der Waals surface area (Å²) in [6.45, 7) is 9.27. The summed E-state index contributed by atoms with van der Waals surface area (Å²) in [6, 6.07) is 0. The van der Waals surface area contributed by atoms with E-state index in [9.17, 15) is 4.79 Å². The molecule has 1 aliphatic carbocycles. The molecule has 0 unspecified atom stereocenters. The number of hydrogen-bond donors (Lipinski definition) is 2. The van der Waals surface area contributed by atoms with Gasteiger partial charge >= 0.3 is 6.09 Å². The summed E-state index contributed by atoms with van der Waals surface area (Å²) >= 11 is 0. The van der Waals surface area contributed by atoms with Crippen molar-refractivity contribution >= 4 is 6.09 Å². The van der Waals surface area contributed by atoms with Crippen molar-refractivity contribution in [2.24, 2.45) is 0 Å². The molecule has 15 heavy (non-hydrogen) atoms. The second-order valence-corrected chi connectivity index (χ2v) is 5.17. The van der Waals surface area contributed by atoms with E-state index in [0.29, 0.717) is 6.54 Å². The van der Waals surface area contributed by atoms with Crippen LogP contribution in [0.2, 0.25) is 0 Å². The standard InChI is InChI=1S/C11H22N2O2/c1-5-13-11(6-7-11)8-12-9(14)15-10(2,3)4/h13H,5-8H2,1-4H3,(H,12,14). The summed E-state index contributed by atoms with van der Waals surface area (Å²) in [5, 5.41) is 6.18. The third-order valence-electron chi connectivity index (χ3n) is 2.38. The Kier molecular flexibility index (Phi) is 3.60. The van der Waals surface area contributed by atoms with Crippen molar-refractivity contribution in [2.45, 2.75) is 51.7 Å². The Morgan fingerprint density at radius 1 is 1.40 bits per heavy atom. The van der Waals surface area contributed by atoms with Crippen LogP contribution in [0.4, 0.5) is 4.79 Å². The lowest BCUT2D eigenvalue weighted by molar-refractivity contribution is 0.0520. The van der Waals surface area contributed by atoms with E-state index in [4.69, 9.17) is 4.74 Å². The van der Waals surface area contributed by atoms with Crippen molar-refractivity contribution in [3.63, 3.8) is 0 Å². The lowest BCUT2D eigenvalue weighted by Crippen LogP contribution is -2.44. The predicted octanol–water partition coefficient (Wildman–Crippen LogP) is 1.65. The summed E-state index contributed by atoms with van der Waals surface area (Å²) in [5.41, 5.74) is -0.273. The van der Waals surface area contributed by atoms with Crippen molar-refractivity contribution < 1.29 is 9.53 Å². The first-order valence-corrected chi connectivity index (χ1v) is 5.59. The first-order valence-electron chi connectivity index (χ1n) is 5.59. The molecule has 0 heterocycles. The molecule has 0 atom stereocenters. The van der Waals surface area contributed by atoms with Gasteiger partial charge < -0.3 is 15.4 Å². The van der Waals surface area contributed by atoms with Gasteiger partial charge in [-0.05, 0) is 40.2 Å². The van der Waals surface area contributed by atoms with Gasteiger partial charge in [-0.3, -0.25) is 0 Å². The Balaban J connectivity index is 2.23. The van der Waals surface area contributed by atoms with Crippen LogP contribution in [0.25, 0.3) is 0 Å². The smallest absolute Gasteiger partial charge is 0.407 e. The average Bonchev–Trinajstić information content (AvgIpc) is 2.80. The van der Waals surface area contributed by atoms with Gasteiger partial charge in [0.25, 0.3) is 0 Å². The maximum absolute atomic E-state index is 11.4. The molecule has 0 aliphatic heterocycles. The zero-order valence-electron chi connectivity index (χ0n) is 10.1. The van der Waals surface area contributed by atoms with Gasteiger partial charge in [0.2, 0.25) is 0 Å². The Labute approximate surface area is 91.8 Å². The number of carbonyl (C=O) groups is 1. The van der Waals surface area contributed by atoms with E-state index in [2.05, 4.69) is 17.6 Å². The molecular weight excluding hydrogens is 192 g/mol. The summed E-state index contributed by atoms with van der Waals surface area (Å²) in [6.07, 6.45) is 1.94. The van der Waals surface area contributed by atoms with E-state index < -0.39 is 5.60 Å². The van der Waals surface area contributed by atoms with Crippen LogP contribution in [0.5, 0.6) is 0 Å². The molecule has 1 saturated carbocycles. The lowest BCUT2D eigenvalue weighted by atomic mass is 10.2. The fourth-order valence-corrected chi connectivity index (χ4v) is 1.50. The molecule has 0 saturated heterocycles. The van der Waals surface area contributed by atoms with Crippen LogP contribution in [0.1, 0.15) is 40.5 Å². The van der Waals surface area contributed by atoms with E-state index in [1.54, 1.807) is 0 Å². The second-order valence-electron chi connectivity index (χ2n) is 5.17. The molecule has 1 fully saturated rings. The quantitative estimate of drug-likeness (QED) is 0.748. The number of carbonyl (C=O) groups excluding carboxylic acids is 1. The van der Waals surface area contributed by atoms with Crippen LogP contribution < -0.4 is 10.6 Å². The summed E-state index contributed by atoms with van der Waals surface area (Å²) < 4.78 is 5.16. The number of likely N-dealkylation sites (N-methyl/N-ethyl adjacent to an activating group) is 1. The van der Waals surface area contributed by atoms with Crippen molar-refractivity contribution in [1.82, 2.24) is 10.6 Å². The molecule has 4 nitrogen and oxygen atoms in total. The fourth-order valence-electron chi connectivity index (χ4n) is 1.50. The van der Waals surface area contributed by atoms with Crippen molar-refractivity contribution in [3.05, 3.63) is 0 Å². The van der Waals surface area contributed by atoms with Crippen LogP contribution in [0.15, 0.2) is 0 Å². The van der Waals surface area contributed by atoms with E-state index in [-0.39, 0.29) is 11.6 Å². The van der Waals surface area contributed by atoms with Crippen LogP contribution in [-0.4, -0.2) is 30.3 Å². The highest BCUT2D eigenvalue weighted by molar-refractivity contribution is 5.67. The van der Waals surface area contributed by atoms with E-state index >= 15 is 0 Å². The second kappa shape index (κ2) is 4.39. The SMILES string of the molecule is CCNC1(CNC(=O)OC(C)(C)C)CC1. The highest BCUT2D eigenvalue weighted by atomic mass is 16.6.